The highest BCUT2D eigenvalue weighted by Gasteiger charge is 2.29. The Kier molecular flexibility index (Phi) is 3.95. The number of phenolic OH excluding ortho intramolecular Hbond substituents is 1. The van der Waals surface area contributed by atoms with Gasteiger partial charge in [0.1, 0.15) is 11.5 Å². The van der Waals surface area contributed by atoms with Crippen LogP contribution in [0.4, 0.5) is 0 Å². The summed E-state index contributed by atoms with van der Waals surface area (Å²) in [5, 5.41) is 19.1. The van der Waals surface area contributed by atoms with Crippen molar-refractivity contribution in [1.29, 1.82) is 0 Å². The molecule has 2 N–H and O–H groups in total. The molecule has 1 aliphatic carbocycles. The van der Waals surface area contributed by atoms with Crippen molar-refractivity contribution in [3.05, 3.63) is 23.8 Å². The predicted octanol–water partition coefficient (Wildman–Crippen LogP) is 1.24. The molecule has 5 nitrogen and oxygen atoms in total. The Morgan fingerprint density at radius 1 is 1.47 bits per heavy atom. The third kappa shape index (κ3) is 2.98. The van der Waals surface area contributed by atoms with Gasteiger partial charge in [-0.15, -0.1) is 0 Å². The number of aliphatic hydroxyl groups is 1. The fourth-order valence-electron chi connectivity index (χ4n) is 2.34. The third-order valence-electron chi connectivity index (χ3n) is 3.52. The van der Waals surface area contributed by atoms with Crippen molar-refractivity contribution < 1.29 is 19.7 Å². The lowest BCUT2D eigenvalue weighted by atomic mass is 9.82. The minimum atomic E-state index is -0.221. The second-order valence-corrected chi connectivity index (χ2v) is 5.06. The number of methoxy groups -OCH3 is 1. The van der Waals surface area contributed by atoms with Crippen LogP contribution in [-0.2, 0) is 0 Å². The van der Waals surface area contributed by atoms with Gasteiger partial charge in [0, 0.05) is 19.7 Å². The molecule has 1 fully saturated rings. The number of amides is 1. The Labute approximate surface area is 112 Å². The topological polar surface area (TPSA) is 70.0 Å². The zero-order valence-electron chi connectivity index (χ0n) is 11.2. The monoisotopic (exact) mass is 265 g/mol. The van der Waals surface area contributed by atoms with Gasteiger partial charge in [0.15, 0.2) is 0 Å². The van der Waals surface area contributed by atoms with E-state index in [2.05, 4.69) is 0 Å². The lowest BCUT2D eigenvalue weighted by molar-refractivity contribution is 0.0264. The summed E-state index contributed by atoms with van der Waals surface area (Å²) in [5.74, 6) is 0.564. The second-order valence-electron chi connectivity index (χ2n) is 5.06. The van der Waals surface area contributed by atoms with Crippen LogP contribution in [0.15, 0.2) is 18.2 Å². The maximum absolute atomic E-state index is 12.2. The maximum atomic E-state index is 12.2. The Bertz CT molecular complexity index is 469. The number of aromatic hydroxyl groups is 1. The summed E-state index contributed by atoms with van der Waals surface area (Å²) >= 11 is 0. The number of phenols is 1. The van der Waals surface area contributed by atoms with Crippen LogP contribution in [-0.4, -0.2) is 47.8 Å². The van der Waals surface area contributed by atoms with Crippen molar-refractivity contribution in [3.63, 3.8) is 0 Å². The number of carbonyl (C=O) groups is 1. The smallest absolute Gasteiger partial charge is 0.257 e. The average molecular weight is 265 g/mol. The highest BCUT2D eigenvalue weighted by Crippen LogP contribution is 2.29. The number of ether oxygens (including phenoxy) is 1. The summed E-state index contributed by atoms with van der Waals surface area (Å²) in [5.41, 5.74) is 0.267. The van der Waals surface area contributed by atoms with Gasteiger partial charge in [-0.3, -0.25) is 4.79 Å². The van der Waals surface area contributed by atoms with E-state index in [-0.39, 0.29) is 23.3 Å². The first-order valence-electron chi connectivity index (χ1n) is 6.31. The van der Waals surface area contributed by atoms with Crippen molar-refractivity contribution in [2.75, 3.05) is 20.7 Å². The zero-order chi connectivity index (χ0) is 14.0. The van der Waals surface area contributed by atoms with Crippen LogP contribution in [0.3, 0.4) is 0 Å². The average Bonchev–Trinajstić information content (AvgIpc) is 2.35. The van der Waals surface area contributed by atoms with E-state index in [1.54, 1.807) is 24.1 Å². The van der Waals surface area contributed by atoms with Crippen LogP contribution in [0.1, 0.15) is 23.2 Å². The van der Waals surface area contributed by atoms with Gasteiger partial charge >= 0.3 is 0 Å². The molecule has 1 saturated carbocycles. The predicted molar refractivity (Wildman–Crippen MR) is 70.4 cm³/mol. The molecule has 0 heterocycles. The van der Waals surface area contributed by atoms with Gasteiger partial charge < -0.3 is 19.8 Å². The first kappa shape index (κ1) is 13.7. The fraction of sp³-hybridized carbons (Fsp3) is 0.500. The molecule has 1 amide bonds. The normalized spacial score (nSPS) is 21.6. The van der Waals surface area contributed by atoms with Crippen LogP contribution in [0.5, 0.6) is 11.5 Å². The minimum absolute atomic E-state index is 0.0788. The molecule has 104 valence electrons. The molecule has 1 aromatic rings. The quantitative estimate of drug-likeness (QED) is 0.859. The van der Waals surface area contributed by atoms with E-state index in [9.17, 15) is 15.0 Å². The van der Waals surface area contributed by atoms with Gasteiger partial charge in [-0.05, 0) is 30.9 Å². The fourth-order valence-corrected chi connectivity index (χ4v) is 2.34. The Hall–Kier alpha value is -1.75. The number of hydrogen-bond acceptors (Lipinski definition) is 4. The molecule has 0 saturated heterocycles. The van der Waals surface area contributed by atoms with E-state index < -0.39 is 0 Å². The van der Waals surface area contributed by atoms with Crippen LogP contribution >= 0.6 is 0 Å². The molecule has 1 aliphatic rings. The largest absolute Gasteiger partial charge is 0.507 e. The number of carbonyl (C=O) groups excluding carboxylic acids is 1. The van der Waals surface area contributed by atoms with Crippen molar-refractivity contribution in [2.45, 2.75) is 18.9 Å². The SMILES string of the molecule is COc1ccc(C(=O)N(C)CC2CC(O)C2)c(O)c1. The van der Waals surface area contributed by atoms with Gasteiger partial charge in [-0.1, -0.05) is 0 Å². The number of benzene rings is 1. The third-order valence-corrected chi connectivity index (χ3v) is 3.52. The zero-order valence-corrected chi connectivity index (χ0v) is 11.2. The van der Waals surface area contributed by atoms with E-state index in [1.165, 1.54) is 13.2 Å². The molecule has 1 aromatic carbocycles. The van der Waals surface area contributed by atoms with Crippen molar-refractivity contribution in [1.82, 2.24) is 4.90 Å². The number of nitrogens with zero attached hydrogens (tertiary/aromatic N) is 1. The Morgan fingerprint density at radius 2 is 2.16 bits per heavy atom. The van der Waals surface area contributed by atoms with E-state index >= 15 is 0 Å². The lowest BCUT2D eigenvalue weighted by Crippen LogP contribution is -2.39. The van der Waals surface area contributed by atoms with Crippen LogP contribution in [0, 0.1) is 5.92 Å². The second kappa shape index (κ2) is 5.48. The first-order valence-corrected chi connectivity index (χ1v) is 6.31. The number of rotatable bonds is 4. The minimum Gasteiger partial charge on any atom is -0.507 e. The standard InChI is InChI=1S/C14H19NO4/c1-15(8-9-5-10(16)6-9)14(18)12-4-3-11(19-2)7-13(12)17/h3-4,7,9-10,16-17H,5-6,8H2,1-2H3. The van der Waals surface area contributed by atoms with Crippen molar-refractivity contribution in [2.24, 2.45) is 5.92 Å². The summed E-state index contributed by atoms with van der Waals surface area (Å²) in [6.07, 6.45) is 1.27. The van der Waals surface area contributed by atoms with Crippen LogP contribution in [0.25, 0.3) is 0 Å². The van der Waals surface area contributed by atoms with E-state index in [4.69, 9.17) is 4.74 Å². The summed E-state index contributed by atoms with van der Waals surface area (Å²) in [6.45, 7) is 0.599. The van der Waals surface area contributed by atoms with Gasteiger partial charge in [0.25, 0.3) is 5.91 Å². The molecule has 0 unspecified atom stereocenters. The molecule has 19 heavy (non-hydrogen) atoms. The number of hydrogen-bond donors (Lipinski definition) is 2. The summed E-state index contributed by atoms with van der Waals surface area (Å²) < 4.78 is 4.98. The molecule has 0 aromatic heterocycles. The van der Waals surface area contributed by atoms with Gasteiger partial charge in [-0.2, -0.15) is 0 Å². The Balaban J connectivity index is 2.02. The van der Waals surface area contributed by atoms with E-state index in [0.717, 1.165) is 12.8 Å². The summed E-state index contributed by atoms with van der Waals surface area (Å²) in [7, 11) is 3.21. The molecule has 0 spiro atoms. The van der Waals surface area contributed by atoms with Crippen molar-refractivity contribution in [3.8, 4) is 11.5 Å². The highest BCUT2D eigenvalue weighted by atomic mass is 16.5. The van der Waals surface area contributed by atoms with Crippen molar-refractivity contribution >= 4 is 5.91 Å². The highest BCUT2D eigenvalue weighted by molar-refractivity contribution is 5.96. The molecule has 0 bridgehead atoms. The van der Waals surface area contributed by atoms with E-state index in [1.807, 2.05) is 0 Å². The molecule has 0 atom stereocenters. The Morgan fingerprint density at radius 3 is 2.68 bits per heavy atom. The molecule has 0 radical (unpaired) electrons. The summed E-state index contributed by atoms with van der Waals surface area (Å²) in [4.78, 5) is 13.8. The number of aliphatic hydroxyl groups excluding tert-OH is 1. The molecular formula is C14H19NO4. The molecule has 5 heteroatoms. The summed E-state index contributed by atoms with van der Waals surface area (Å²) in [6, 6.07) is 4.63. The van der Waals surface area contributed by atoms with E-state index in [0.29, 0.717) is 18.2 Å². The molecule has 0 aliphatic heterocycles. The van der Waals surface area contributed by atoms with Crippen LogP contribution in [0.2, 0.25) is 0 Å². The van der Waals surface area contributed by atoms with Gasteiger partial charge in [0.2, 0.25) is 0 Å². The lowest BCUT2D eigenvalue weighted by Gasteiger charge is -2.34. The molecular weight excluding hydrogens is 246 g/mol. The van der Waals surface area contributed by atoms with Gasteiger partial charge in [0.05, 0.1) is 18.8 Å². The maximum Gasteiger partial charge on any atom is 0.257 e. The van der Waals surface area contributed by atoms with Gasteiger partial charge in [-0.25, -0.2) is 0 Å². The molecule has 2 rings (SSSR count). The van der Waals surface area contributed by atoms with Crippen LogP contribution < -0.4 is 4.74 Å². The first-order chi connectivity index (χ1) is 9.01.